The molecule has 2 rings (SSSR count). The first-order chi connectivity index (χ1) is 7.15. The molecule has 0 spiro atoms. The number of rotatable bonds is 4. The van der Waals surface area contributed by atoms with E-state index in [2.05, 4.69) is 5.32 Å². The molecule has 0 amide bonds. The van der Waals surface area contributed by atoms with Gasteiger partial charge < -0.3 is 10.4 Å². The maximum absolute atomic E-state index is 9.15. The predicted molar refractivity (Wildman–Crippen MR) is 63.7 cm³/mol. The van der Waals surface area contributed by atoms with Gasteiger partial charge in [-0.2, -0.15) is 0 Å². The SMILES string of the molecule is OCC1(CNc2ccc(Cl)cc2Cl)CC1. The van der Waals surface area contributed by atoms with Gasteiger partial charge in [0.05, 0.1) is 17.3 Å². The van der Waals surface area contributed by atoms with E-state index >= 15 is 0 Å². The third-order valence-corrected chi connectivity index (χ3v) is 3.43. The molecule has 1 aromatic rings. The Bertz CT molecular complexity index is 364. The lowest BCUT2D eigenvalue weighted by atomic mass is 10.1. The molecule has 4 heteroatoms. The lowest BCUT2D eigenvalue weighted by Crippen LogP contribution is -2.19. The summed E-state index contributed by atoms with van der Waals surface area (Å²) in [5.74, 6) is 0. The maximum atomic E-state index is 9.15. The van der Waals surface area contributed by atoms with Crippen molar-refractivity contribution in [1.29, 1.82) is 0 Å². The topological polar surface area (TPSA) is 32.3 Å². The number of nitrogens with one attached hydrogen (secondary N) is 1. The summed E-state index contributed by atoms with van der Waals surface area (Å²) < 4.78 is 0. The molecule has 0 unspecified atom stereocenters. The molecule has 2 nitrogen and oxygen atoms in total. The van der Waals surface area contributed by atoms with Gasteiger partial charge in [0.1, 0.15) is 0 Å². The molecule has 0 heterocycles. The van der Waals surface area contributed by atoms with Crippen LogP contribution < -0.4 is 5.32 Å². The van der Waals surface area contributed by atoms with Crippen molar-refractivity contribution in [2.75, 3.05) is 18.5 Å². The first-order valence-electron chi connectivity index (χ1n) is 4.95. The Morgan fingerprint density at radius 3 is 2.60 bits per heavy atom. The number of aliphatic hydroxyl groups is 1. The minimum atomic E-state index is 0.0863. The van der Waals surface area contributed by atoms with Gasteiger partial charge in [-0.25, -0.2) is 0 Å². The van der Waals surface area contributed by atoms with E-state index in [0.717, 1.165) is 25.1 Å². The second-order valence-corrected chi connectivity index (χ2v) is 4.98. The van der Waals surface area contributed by atoms with Crippen molar-refractivity contribution in [3.63, 3.8) is 0 Å². The van der Waals surface area contributed by atoms with E-state index in [-0.39, 0.29) is 12.0 Å². The number of benzene rings is 1. The number of hydrogen-bond donors (Lipinski definition) is 2. The molecule has 1 fully saturated rings. The van der Waals surface area contributed by atoms with Crippen LogP contribution in [-0.2, 0) is 0 Å². The highest BCUT2D eigenvalue weighted by Gasteiger charge is 2.41. The zero-order chi connectivity index (χ0) is 10.9. The highest BCUT2D eigenvalue weighted by Crippen LogP contribution is 2.45. The van der Waals surface area contributed by atoms with Crippen LogP contribution in [0.2, 0.25) is 10.0 Å². The fourth-order valence-corrected chi connectivity index (χ4v) is 1.96. The van der Waals surface area contributed by atoms with Gasteiger partial charge >= 0.3 is 0 Å². The Morgan fingerprint density at radius 2 is 2.07 bits per heavy atom. The van der Waals surface area contributed by atoms with Crippen molar-refractivity contribution < 1.29 is 5.11 Å². The van der Waals surface area contributed by atoms with Crippen LogP contribution >= 0.6 is 23.2 Å². The van der Waals surface area contributed by atoms with Crippen LogP contribution in [0.5, 0.6) is 0 Å². The van der Waals surface area contributed by atoms with Crippen LogP contribution in [-0.4, -0.2) is 18.3 Å². The summed E-state index contributed by atoms with van der Waals surface area (Å²) in [4.78, 5) is 0. The normalized spacial score (nSPS) is 17.5. The largest absolute Gasteiger partial charge is 0.396 e. The summed E-state index contributed by atoms with van der Waals surface area (Å²) in [6.45, 7) is 1.01. The summed E-state index contributed by atoms with van der Waals surface area (Å²) in [6, 6.07) is 5.37. The summed E-state index contributed by atoms with van der Waals surface area (Å²) in [6.07, 6.45) is 2.17. The van der Waals surface area contributed by atoms with E-state index in [9.17, 15) is 0 Å². The van der Waals surface area contributed by atoms with Crippen LogP contribution in [0.1, 0.15) is 12.8 Å². The minimum absolute atomic E-state index is 0.0863. The van der Waals surface area contributed by atoms with Crippen LogP contribution in [0.15, 0.2) is 18.2 Å². The summed E-state index contributed by atoms with van der Waals surface area (Å²) in [5, 5.41) is 13.7. The Balaban J connectivity index is 1.99. The molecule has 82 valence electrons. The molecule has 1 aromatic carbocycles. The summed E-state index contributed by atoms with van der Waals surface area (Å²) in [5.41, 5.74) is 0.962. The van der Waals surface area contributed by atoms with Gasteiger partial charge in [0.25, 0.3) is 0 Å². The zero-order valence-electron chi connectivity index (χ0n) is 8.26. The van der Waals surface area contributed by atoms with Gasteiger partial charge in [0, 0.05) is 17.0 Å². The number of hydrogen-bond acceptors (Lipinski definition) is 2. The molecular formula is C11H13Cl2NO. The molecular weight excluding hydrogens is 233 g/mol. The molecule has 1 aliphatic carbocycles. The molecule has 0 aromatic heterocycles. The third kappa shape index (κ3) is 2.57. The fraction of sp³-hybridized carbons (Fsp3) is 0.455. The quantitative estimate of drug-likeness (QED) is 0.855. The van der Waals surface area contributed by atoms with Gasteiger partial charge in [0.15, 0.2) is 0 Å². The van der Waals surface area contributed by atoms with Crippen molar-refractivity contribution >= 4 is 28.9 Å². The van der Waals surface area contributed by atoms with Crippen molar-refractivity contribution in [1.82, 2.24) is 0 Å². The minimum Gasteiger partial charge on any atom is -0.396 e. The molecule has 0 aliphatic heterocycles. The number of anilines is 1. The lowest BCUT2D eigenvalue weighted by Gasteiger charge is -2.14. The summed E-state index contributed by atoms with van der Waals surface area (Å²) in [7, 11) is 0. The molecule has 0 atom stereocenters. The van der Waals surface area contributed by atoms with Crippen molar-refractivity contribution in [2.45, 2.75) is 12.8 Å². The van der Waals surface area contributed by atoms with Crippen LogP contribution in [0, 0.1) is 5.41 Å². The van der Waals surface area contributed by atoms with E-state index in [1.165, 1.54) is 0 Å². The smallest absolute Gasteiger partial charge is 0.0652 e. The molecule has 1 aliphatic rings. The van der Waals surface area contributed by atoms with Gasteiger partial charge in [-0.3, -0.25) is 0 Å². The van der Waals surface area contributed by atoms with Crippen LogP contribution in [0.4, 0.5) is 5.69 Å². The van der Waals surface area contributed by atoms with Gasteiger partial charge in [-0.1, -0.05) is 23.2 Å². The molecule has 0 bridgehead atoms. The number of aliphatic hydroxyl groups excluding tert-OH is 1. The Hall–Kier alpha value is -0.440. The van der Waals surface area contributed by atoms with Gasteiger partial charge in [-0.05, 0) is 31.0 Å². The number of halogens is 2. The Kier molecular flexibility index (Phi) is 3.10. The molecule has 1 saturated carbocycles. The summed E-state index contributed by atoms with van der Waals surface area (Å²) >= 11 is 11.8. The van der Waals surface area contributed by atoms with Crippen LogP contribution in [0.25, 0.3) is 0 Å². The van der Waals surface area contributed by atoms with Gasteiger partial charge in [-0.15, -0.1) is 0 Å². The average Bonchev–Trinajstić information content (AvgIpc) is 2.97. The predicted octanol–water partition coefficient (Wildman–Crippen LogP) is 3.18. The first kappa shape index (κ1) is 11.1. The maximum Gasteiger partial charge on any atom is 0.0652 e. The van der Waals surface area contributed by atoms with Crippen molar-refractivity contribution in [3.8, 4) is 0 Å². The third-order valence-electron chi connectivity index (χ3n) is 2.88. The molecule has 15 heavy (non-hydrogen) atoms. The first-order valence-corrected chi connectivity index (χ1v) is 5.71. The van der Waals surface area contributed by atoms with Crippen molar-refractivity contribution in [2.24, 2.45) is 5.41 Å². The highest BCUT2D eigenvalue weighted by atomic mass is 35.5. The lowest BCUT2D eigenvalue weighted by molar-refractivity contribution is 0.220. The fourth-order valence-electron chi connectivity index (χ4n) is 1.48. The van der Waals surface area contributed by atoms with Crippen LogP contribution in [0.3, 0.4) is 0 Å². The van der Waals surface area contributed by atoms with E-state index in [1.807, 2.05) is 6.07 Å². The second kappa shape index (κ2) is 4.20. The standard InChI is InChI=1S/C11H13Cl2NO/c12-8-1-2-10(9(13)5-8)14-6-11(7-15)3-4-11/h1-2,5,14-15H,3-4,6-7H2. The highest BCUT2D eigenvalue weighted by molar-refractivity contribution is 6.36. The van der Waals surface area contributed by atoms with Gasteiger partial charge in [0.2, 0.25) is 0 Å². The molecule has 0 saturated heterocycles. The van der Waals surface area contributed by atoms with E-state index in [4.69, 9.17) is 28.3 Å². The Morgan fingerprint density at radius 1 is 1.33 bits per heavy atom. The van der Waals surface area contributed by atoms with E-state index in [0.29, 0.717) is 10.0 Å². The molecule has 0 radical (unpaired) electrons. The van der Waals surface area contributed by atoms with Crippen molar-refractivity contribution in [3.05, 3.63) is 28.2 Å². The zero-order valence-corrected chi connectivity index (χ0v) is 9.78. The average molecular weight is 246 g/mol. The van der Waals surface area contributed by atoms with E-state index < -0.39 is 0 Å². The second-order valence-electron chi connectivity index (χ2n) is 4.14. The van der Waals surface area contributed by atoms with E-state index in [1.54, 1.807) is 12.1 Å². The molecule has 2 N–H and O–H groups in total. The Labute approximate surface area is 99.2 Å². The monoisotopic (exact) mass is 245 g/mol.